The molecular weight excluding hydrogens is 466 g/mol. The van der Waals surface area contributed by atoms with E-state index in [1.807, 2.05) is 45.9 Å². The summed E-state index contributed by atoms with van der Waals surface area (Å²) in [6.07, 6.45) is 6.63. The van der Waals surface area contributed by atoms with Crippen LogP contribution in [0.1, 0.15) is 95.9 Å². The van der Waals surface area contributed by atoms with Crippen molar-refractivity contribution in [2.45, 2.75) is 111 Å². The maximum atomic E-state index is 14.1. The smallest absolute Gasteiger partial charge is 0.408 e. The standard InChI is InChI=1S/C30H47N3O4/c1-9-17-33(28(35)25(18-20(2)3)32-29(36)37-30(6,7)8)26(24-19-21(4)15-16-22(24)5)27(34)31-23-13-11-10-12-14-23/h9,15-16,19-20,23,25-26H,1,10-14,17-18H2,2-8H3,(H,31,34)(H,32,36). The summed E-state index contributed by atoms with van der Waals surface area (Å²) in [5.74, 6) is -0.398. The molecule has 2 rings (SSSR count). The zero-order valence-corrected chi connectivity index (χ0v) is 23.9. The van der Waals surface area contributed by atoms with Crippen LogP contribution in [0.4, 0.5) is 4.79 Å². The third-order valence-electron chi connectivity index (χ3n) is 6.55. The van der Waals surface area contributed by atoms with Gasteiger partial charge in [-0.25, -0.2) is 4.79 Å². The summed E-state index contributed by atoms with van der Waals surface area (Å²) in [6, 6.07) is 4.36. The Balaban J connectivity index is 2.48. The van der Waals surface area contributed by atoms with E-state index in [4.69, 9.17) is 4.74 Å². The molecule has 1 fully saturated rings. The van der Waals surface area contributed by atoms with Crippen LogP contribution in [0, 0.1) is 19.8 Å². The van der Waals surface area contributed by atoms with Gasteiger partial charge >= 0.3 is 6.09 Å². The third kappa shape index (κ3) is 9.52. The van der Waals surface area contributed by atoms with Crippen molar-refractivity contribution < 1.29 is 19.1 Å². The average Bonchev–Trinajstić information content (AvgIpc) is 2.79. The lowest BCUT2D eigenvalue weighted by Gasteiger charge is -2.36. The molecule has 37 heavy (non-hydrogen) atoms. The average molecular weight is 514 g/mol. The molecule has 2 N–H and O–H groups in total. The summed E-state index contributed by atoms with van der Waals surface area (Å²) >= 11 is 0. The van der Waals surface area contributed by atoms with Crippen LogP contribution >= 0.6 is 0 Å². The first kappa shape index (κ1) is 30.4. The number of nitrogens with one attached hydrogen (secondary N) is 2. The fourth-order valence-corrected chi connectivity index (χ4v) is 4.84. The van der Waals surface area contributed by atoms with Crippen LogP contribution in [0.15, 0.2) is 30.9 Å². The lowest BCUT2D eigenvalue weighted by Crippen LogP contribution is -2.54. The van der Waals surface area contributed by atoms with Gasteiger partial charge in [0.2, 0.25) is 11.8 Å². The number of ether oxygens (including phenoxy) is 1. The zero-order valence-electron chi connectivity index (χ0n) is 23.9. The molecule has 7 heteroatoms. The number of rotatable bonds is 10. The van der Waals surface area contributed by atoms with Gasteiger partial charge in [-0.3, -0.25) is 9.59 Å². The first-order valence-electron chi connectivity index (χ1n) is 13.6. The SMILES string of the molecule is C=CCN(C(=O)C(CC(C)C)NC(=O)OC(C)(C)C)C(C(=O)NC1CCCCC1)c1cc(C)ccc1C. The number of alkyl carbamates (subject to hydrolysis) is 1. The van der Waals surface area contributed by atoms with Crippen LogP contribution < -0.4 is 10.6 Å². The fourth-order valence-electron chi connectivity index (χ4n) is 4.84. The number of benzene rings is 1. The van der Waals surface area contributed by atoms with Crippen molar-refractivity contribution in [1.29, 1.82) is 0 Å². The zero-order chi connectivity index (χ0) is 27.8. The first-order chi connectivity index (χ1) is 17.3. The minimum absolute atomic E-state index is 0.0981. The molecule has 0 aliphatic heterocycles. The summed E-state index contributed by atoms with van der Waals surface area (Å²) in [5.41, 5.74) is 2.02. The van der Waals surface area contributed by atoms with E-state index in [0.29, 0.717) is 6.42 Å². The second-order valence-electron chi connectivity index (χ2n) is 11.7. The van der Waals surface area contributed by atoms with Gasteiger partial charge in [-0.15, -0.1) is 6.58 Å². The van der Waals surface area contributed by atoms with Crippen molar-refractivity contribution >= 4 is 17.9 Å². The van der Waals surface area contributed by atoms with Crippen LogP contribution in [0.3, 0.4) is 0 Å². The molecule has 0 aromatic heterocycles. The molecule has 0 radical (unpaired) electrons. The van der Waals surface area contributed by atoms with Crippen molar-refractivity contribution in [3.05, 3.63) is 47.5 Å². The van der Waals surface area contributed by atoms with E-state index in [1.165, 1.54) is 6.42 Å². The predicted molar refractivity (Wildman–Crippen MR) is 148 cm³/mol. The van der Waals surface area contributed by atoms with Crippen LogP contribution in [-0.2, 0) is 14.3 Å². The van der Waals surface area contributed by atoms with Crippen molar-refractivity contribution in [2.75, 3.05) is 6.54 Å². The summed E-state index contributed by atoms with van der Waals surface area (Å²) in [5, 5.41) is 6.01. The van der Waals surface area contributed by atoms with Gasteiger partial charge in [-0.1, -0.05) is 62.9 Å². The molecule has 3 amide bonds. The van der Waals surface area contributed by atoms with E-state index in [9.17, 15) is 14.4 Å². The number of aryl methyl sites for hydroxylation is 2. The number of hydrogen-bond acceptors (Lipinski definition) is 4. The molecule has 0 saturated heterocycles. The van der Waals surface area contributed by atoms with Crippen LogP contribution in [-0.4, -0.2) is 47.0 Å². The fraction of sp³-hybridized carbons (Fsp3) is 0.633. The van der Waals surface area contributed by atoms with Gasteiger partial charge in [0.05, 0.1) is 0 Å². The Hall–Kier alpha value is -2.83. The first-order valence-corrected chi connectivity index (χ1v) is 13.6. The third-order valence-corrected chi connectivity index (χ3v) is 6.55. The Morgan fingerprint density at radius 1 is 1.14 bits per heavy atom. The van der Waals surface area contributed by atoms with Crippen molar-refractivity contribution in [2.24, 2.45) is 5.92 Å². The summed E-state index contributed by atoms with van der Waals surface area (Å²) in [6.45, 7) is 17.3. The molecule has 2 unspecified atom stereocenters. The van der Waals surface area contributed by atoms with E-state index in [-0.39, 0.29) is 30.3 Å². The van der Waals surface area contributed by atoms with Crippen molar-refractivity contribution in [1.82, 2.24) is 15.5 Å². The normalized spacial score (nSPS) is 16.0. The summed E-state index contributed by atoms with van der Waals surface area (Å²) < 4.78 is 5.45. The Morgan fingerprint density at radius 3 is 2.35 bits per heavy atom. The molecule has 1 saturated carbocycles. The summed E-state index contributed by atoms with van der Waals surface area (Å²) in [4.78, 5) is 42.2. The highest BCUT2D eigenvalue weighted by molar-refractivity contribution is 5.92. The molecule has 0 heterocycles. The molecule has 1 aromatic carbocycles. The van der Waals surface area contributed by atoms with E-state index in [2.05, 4.69) is 17.2 Å². The number of carbonyl (C=O) groups excluding carboxylic acids is 3. The lowest BCUT2D eigenvalue weighted by molar-refractivity contribution is -0.142. The minimum atomic E-state index is -0.845. The highest BCUT2D eigenvalue weighted by Gasteiger charge is 2.37. The van der Waals surface area contributed by atoms with Gasteiger partial charge in [-0.05, 0) is 70.9 Å². The van der Waals surface area contributed by atoms with Crippen LogP contribution in [0.5, 0.6) is 0 Å². The van der Waals surface area contributed by atoms with Crippen LogP contribution in [0.25, 0.3) is 0 Å². The van der Waals surface area contributed by atoms with Gasteiger partial charge in [0.15, 0.2) is 0 Å². The Morgan fingerprint density at radius 2 is 1.78 bits per heavy atom. The van der Waals surface area contributed by atoms with E-state index < -0.39 is 23.8 Å². The van der Waals surface area contributed by atoms with E-state index in [0.717, 1.165) is 42.4 Å². The largest absolute Gasteiger partial charge is 0.444 e. The molecule has 206 valence electrons. The van der Waals surface area contributed by atoms with Crippen LogP contribution in [0.2, 0.25) is 0 Å². The number of hydrogen-bond donors (Lipinski definition) is 2. The number of amides is 3. The topological polar surface area (TPSA) is 87.7 Å². The second-order valence-corrected chi connectivity index (χ2v) is 11.7. The molecule has 0 bridgehead atoms. The maximum absolute atomic E-state index is 14.1. The number of nitrogens with zero attached hydrogens (tertiary/aromatic N) is 1. The summed E-state index contributed by atoms with van der Waals surface area (Å²) in [7, 11) is 0. The maximum Gasteiger partial charge on any atom is 0.408 e. The molecule has 0 spiro atoms. The number of carbonyl (C=O) groups is 3. The van der Waals surface area contributed by atoms with Gasteiger partial charge in [0.1, 0.15) is 17.7 Å². The van der Waals surface area contributed by atoms with E-state index >= 15 is 0 Å². The highest BCUT2D eigenvalue weighted by Crippen LogP contribution is 2.28. The molecule has 1 aliphatic carbocycles. The lowest BCUT2D eigenvalue weighted by atomic mass is 9.93. The van der Waals surface area contributed by atoms with Gasteiger partial charge in [0.25, 0.3) is 0 Å². The molecule has 7 nitrogen and oxygen atoms in total. The molecule has 1 aliphatic rings. The Bertz CT molecular complexity index is 945. The quantitative estimate of drug-likeness (QED) is 0.390. The van der Waals surface area contributed by atoms with Gasteiger partial charge in [-0.2, -0.15) is 0 Å². The van der Waals surface area contributed by atoms with Crippen molar-refractivity contribution in [3.63, 3.8) is 0 Å². The molecular formula is C30H47N3O4. The Labute approximate surface area is 223 Å². The second kappa shape index (κ2) is 13.6. The molecule has 1 aromatic rings. The highest BCUT2D eigenvalue weighted by atomic mass is 16.6. The Kier molecular flexibility index (Phi) is 11.2. The predicted octanol–water partition coefficient (Wildman–Crippen LogP) is 5.75. The van der Waals surface area contributed by atoms with E-state index in [1.54, 1.807) is 31.7 Å². The van der Waals surface area contributed by atoms with Crippen molar-refractivity contribution in [3.8, 4) is 0 Å². The monoisotopic (exact) mass is 513 g/mol. The van der Waals surface area contributed by atoms with Gasteiger partial charge in [0, 0.05) is 12.6 Å². The minimum Gasteiger partial charge on any atom is -0.444 e. The van der Waals surface area contributed by atoms with Gasteiger partial charge < -0.3 is 20.3 Å². The molecule has 2 atom stereocenters.